The van der Waals surface area contributed by atoms with E-state index in [1.165, 1.54) is 33.3 Å². The van der Waals surface area contributed by atoms with Crippen molar-refractivity contribution in [3.63, 3.8) is 0 Å². The van der Waals surface area contributed by atoms with Crippen molar-refractivity contribution in [2.45, 2.75) is 46.7 Å². The lowest BCUT2D eigenvalue weighted by Crippen LogP contribution is -2.31. The Hall–Kier alpha value is -2.00. The Morgan fingerprint density at radius 3 is 2.48 bits per heavy atom. The minimum atomic E-state index is 0. The molecule has 1 aliphatic heterocycles. The van der Waals surface area contributed by atoms with Gasteiger partial charge in [0.15, 0.2) is 0 Å². The van der Waals surface area contributed by atoms with Gasteiger partial charge in [-0.15, -0.1) is 12.4 Å². The van der Waals surface area contributed by atoms with Gasteiger partial charge in [0.05, 0.1) is 5.52 Å². The Morgan fingerprint density at radius 1 is 1.04 bits per heavy atom. The van der Waals surface area contributed by atoms with Crippen LogP contribution >= 0.6 is 12.4 Å². The largest absolute Gasteiger partial charge is 0.351 e. The minimum Gasteiger partial charge on any atom is -0.351 e. The summed E-state index contributed by atoms with van der Waals surface area (Å²) in [5.41, 5.74) is 6.94. The summed E-state index contributed by atoms with van der Waals surface area (Å²) in [5, 5.41) is 1.32. The van der Waals surface area contributed by atoms with Gasteiger partial charge in [-0.05, 0) is 56.9 Å². The Morgan fingerprint density at radius 2 is 1.76 bits per heavy atom. The summed E-state index contributed by atoms with van der Waals surface area (Å²) < 4.78 is 2.44. The molecule has 25 heavy (non-hydrogen) atoms. The predicted molar refractivity (Wildman–Crippen MR) is 108 cm³/mol. The number of aryl methyl sites for hydroxylation is 1. The number of fused-ring (bicyclic) bond motifs is 2. The molecule has 3 aromatic rings. The zero-order valence-electron chi connectivity index (χ0n) is 15.4. The molecule has 0 fully saturated rings. The minimum absolute atomic E-state index is 0. The van der Waals surface area contributed by atoms with E-state index in [0.29, 0.717) is 6.04 Å². The maximum atomic E-state index is 4.79. The van der Waals surface area contributed by atoms with E-state index in [9.17, 15) is 0 Å². The number of hydrogen-bond donors (Lipinski definition) is 0. The van der Waals surface area contributed by atoms with Gasteiger partial charge in [-0.2, -0.15) is 0 Å². The van der Waals surface area contributed by atoms with E-state index < -0.39 is 0 Å². The Kier molecular flexibility index (Phi) is 4.79. The zero-order valence-corrected chi connectivity index (χ0v) is 16.2. The van der Waals surface area contributed by atoms with Gasteiger partial charge in [-0.3, -0.25) is 0 Å². The molecule has 0 saturated carbocycles. The van der Waals surface area contributed by atoms with Crippen LogP contribution in [0.1, 0.15) is 42.3 Å². The highest BCUT2D eigenvalue weighted by Crippen LogP contribution is 2.35. The van der Waals surface area contributed by atoms with E-state index in [1.807, 2.05) is 6.20 Å². The van der Waals surface area contributed by atoms with Crippen LogP contribution in [0.2, 0.25) is 0 Å². The van der Waals surface area contributed by atoms with Gasteiger partial charge in [-0.25, -0.2) is 4.98 Å². The number of nitrogens with zero attached hydrogens (tertiary/aromatic N) is 3. The highest BCUT2D eigenvalue weighted by Gasteiger charge is 2.22. The van der Waals surface area contributed by atoms with Crippen LogP contribution in [0.15, 0.2) is 36.5 Å². The van der Waals surface area contributed by atoms with Crippen molar-refractivity contribution >= 4 is 29.1 Å². The summed E-state index contributed by atoms with van der Waals surface area (Å²) in [6.45, 7) is 11.0. The fourth-order valence-electron chi connectivity index (χ4n) is 4.13. The molecule has 0 radical (unpaired) electrons. The van der Waals surface area contributed by atoms with Crippen LogP contribution in [0.3, 0.4) is 0 Å². The fourth-order valence-corrected chi connectivity index (χ4v) is 4.13. The lowest BCUT2D eigenvalue weighted by atomic mass is 9.99. The molecule has 0 aliphatic carbocycles. The Labute approximate surface area is 156 Å². The van der Waals surface area contributed by atoms with Crippen LogP contribution in [0.4, 0.5) is 5.82 Å². The molecule has 0 bridgehead atoms. The van der Waals surface area contributed by atoms with Crippen LogP contribution in [-0.2, 0) is 13.0 Å². The van der Waals surface area contributed by atoms with Crippen molar-refractivity contribution in [3.05, 3.63) is 58.9 Å². The maximum Gasteiger partial charge on any atom is 0.138 e. The second-order valence-electron chi connectivity index (χ2n) is 7.14. The normalized spacial score (nSPS) is 13.9. The van der Waals surface area contributed by atoms with Gasteiger partial charge in [0.1, 0.15) is 5.82 Å². The van der Waals surface area contributed by atoms with Gasteiger partial charge in [0, 0.05) is 36.4 Å². The second-order valence-corrected chi connectivity index (χ2v) is 7.14. The van der Waals surface area contributed by atoms with Crippen molar-refractivity contribution in [2.75, 3.05) is 11.4 Å². The zero-order chi connectivity index (χ0) is 16.8. The smallest absolute Gasteiger partial charge is 0.138 e. The molecule has 132 valence electrons. The summed E-state index contributed by atoms with van der Waals surface area (Å²) in [6.07, 6.45) is 3.06. The summed E-state index contributed by atoms with van der Waals surface area (Å²) in [5.74, 6) is 1.14. The monoisotopic (exact) mass is 355 g/mol. The first-order chi connectivity index (χ1) is 11.6. The lowest BCUT2D eigenvalue weighted by Gasteiger charge is -2.30. The quantitative estimate of drug-likeness (QED) is 0.628. The van der Waals surface area contributed by atoms with E-state index in [4.69, 9.17) is 4.98 Å². The molecule has 1 aromatic carbocycles. The summed E-state index contributed by atoms with van der Waals surface area (Å²) in [7, 11) is 0. The average molecular weight is 356 g/mol. The van der Waals surface area contributed by atoms with E-state index in [0.717, 1.165) is 25.3 Å². The van der Waals surface area contributed by atoms with Crippen LogP contribution < -0.4 is 4.90 Å². The molecule has 4 heteroatoms. The van der Waals surface area contributed by atoms with Crippen LogP contribution in [0, 0.1) is 13.8 Å². The van der Waals surface area contributed by atoms with Gasteiger partial charge < -0.3 is 9.47 Å². The molecular weight excluding hydrogens is 330 g/mol. The number of halogens is 1. The molecule has 4 rings (SSSR count). The number of rotatable bonds is 2. The first kappa shape index (κ1) is 17.8. The van der Waals surface area contributed by atoms with Gasteiger partial charge in [0.2, 0.25) is 0 Å². The van der Waals surface area contributed by atoms with Crippen LogP contribution in [0.25, 0.3) is 10.9 Å². The van der Waals surface area contributed by atoms with E-state index in [2.05, 4.69) is 67.5 Å². The maximum absolute atomic E-state index is 4.79. The lowest BCUT2D eigenvalue weighted by molar-refractivity contribution is 0.606. The molecule has 2 aromatic heterocycles. The first-order valence-electron chi connectivity index (χ1n) is 8.85. The summed E-state index contributed by atoms with van der Waals surface area (Å²) in [6, 6.07) is 11.4. The topological polar surface area (TPSA) is 21.1 Å². The molecule has 0 saturated heterocycles. The standard InChI is InChI=1S/C21H25N3.ClH/c1-14(2)24-16(4)15(3)20-19(24)9-11-22-21(20)23-12-10-17-7-5-6-8-18(17)13-23;/h5-9,11,14H,10,12-13H2,1-4H3;1H. The first-order valence-corrected chi connectivity index (χ1v) is 8.85. The molecule has 1 aliphatic rings. The van der Waals surface area contributed by atoms with Crippen molar-refractivity contribution < 1.29 is 0 Å². The molecule has 0 amide bonds. The van der Waals surface area contributed by atoms with Crippen molar-refractivity contribution in [3.8, 4) is 0 Å². The van der Waals surface area contributed by atoms with Crippen molar-refractivity contribution in [2.24, 2.45) is 0 Å². The number of benzene rings is 1. The Bertz CT molecular complexity index is 911. The number of aromatic nitrogens is 2. The van der Waals surface area contributed by atoms with Gasteiger partial charge in [0.25, 0.3) is 0 Å². The third kappa shape index (κ3) is 2.81. The third-order valence-corrected chi connectivity index (χ3v) is 5.39. The molecule has 3 heterocycles. The highest BCUT2D eigenvalue weighted by atomic mass is 35.5. The molecule has 3 nitrogen and oxygen atoms in total. The van der Waals surface area contributed by atoms with E-state index in [1.54, 1.807) is 0 Å². The molecule has 0 N–H and O–H groups in total. The van der Waals surface area contributed by atoms with E-state index >= 15 is 0 Å². The summed E-state index contributed by atoms with van der Waals surface area (Å²) >= 11 is 0. The van der Waals surface area contributed by atoms with Gasteiger partial charge >= 0.3 is 0 Å². The summed E-state index contributed by atoms with van der Waals surface area (Å²) in [4.78, 5) is 7.24. The van der Waals surface area contributed by atoms with Crippen LogP contribution in [0.5, 0.6) is 0 Å². The average Bonchev–Trinajstić information content (AvgIpc) is 2.85. The van der Waals surface area contributed by atoms with Crippen molar-refractivity contribution in [1.29, 1.82) is 0 Å². The van der Waals surface area contributed by atoms with Gasteiger partial charge in [-0.1, -0.05) is 24.3 Å². The third-order valence-electron chi connectivity index (χ3n) is 5.39. The second kappa shape index (κ2) is 6.72. The van der Waals surface area contributed by atoms with Crippen LogP contribution in [-0.4, -0.2) is 16.1 Å². The molecular formula is C21H26ClN3. The SMILES string of the molecule is Cc1c(C)n(C(C)C)c2ccnc(N3CCc4ccccc4C3)c12.Cl. The van der Waals surface area contributed by atoms with Crippen molar-refractivity contribution in [1.82, 2.24) is 9.55 Å². The highest BCUT2D eigenvalue weighted by molar-refractivity contribution is 5.95. The number of anilines is 1. The molecule has 0 unspecified atom stereocenters. The number of hydrogen-bond acceptors (Lipinski definition) is 2. The number of pyridine rings is 1. The van der Waals surface area contributed by atoms with E-state index in [-0.39, 0.29) is 12.4 Å². The predicted octanol–water partition coefficient (Wildman–Crippen LogP) is 5.22. The molecule has 0 atom stereocenters. The Balaban J connectivity index is 0.00000182. The fraction of sp³-hybridized carbons (Fsp3) is 0.381. The molecule has 0 spiro atoms.